The standard InChI is InChI=1S/C15H19NO4/c1-19-13-5-3-4-11(10-13)15(18)16(12-6-7-12)9-8-14(17)20-2/h3-5,10,12H,6-9H2,1-2H3. The summed E-state index contributed by atoms with van der Waals surface area (Å²) >= 11 is 0. The molecule has 0 aliphatic heterocycles. The fourth-order valence-corrected chi connectivity index (χ4v) is 2.07. The minimum absolute atomic E-state index is 0.0599. The first-order chi connectivity index (χ1) is 9.65. The van der Waals surface area contributed by atoms with Crippen molar-refractivity contribution < 1.29 is 19.1 Å². The van der Waals surface area contributed by atoms with Crippen molar-refractivity contribution in [3.8, 4) is 5.75 Å². The first-order valence-electron chi connectivity index (χ1n) is 6.67. The summed E-state index contributed by atoms with van der Waals surface area (Å²) in [5.74, 6) is 0.295. The van der Waals surface area contributed by atoms with E-state index >= 15 is 0 Å². The molecular formula is C15H19NO4. The SMILES string of the molecule is COC(=O)CCN(C(=O)c1cccc(OC)c1)C1CC1. The molecule has 1 fully saturated rings. The van der Waals surface area contributed by atoms with Gasteiger partial charge in [-0.2, -0.15) is 0 Å². The lowest BCUT2D eigenvalue weighted by Gasteiger charge is -2.22. The van der Waals surface area contributed by atoms with Crippen LogP contribution in [0.2, 0.25) is 0 Å². The summed E-state index contributed by atoms with van der Waals surface area (Å²) < 4.78 is 9.76. The average molecular weight is 277 g/mol. The van der Waals surface area contributed by atoms with E-state index in [9.17, 15) is 9.59 Å². The molecule has 1 aromatic rings. The van der Waals surface area contributed by atoms with Crippen molar-refractivity contribution in [1.82, 2.24) is 4.90 Å². The van der Waals surface area contributed by atoms with Crippen LogP contribution in [-0.2, 0) is 9.53 Å². The smallest absolute Gasteiger partial charge is 0.307 e. The number of hydrogen-bond donors (Lipinski definition) is 0. The predicted molar refractivity (Wildman–Crippen MR) is 73.7 cm³/mol. The van der Waals surface area contributed by atoms with Crippen LogP contribution in [0.15, 0.2) is 24.3 Å². The zero-order chi connectivity index (χ0) is 14.5. The number of amides is 1. The molecule has 1 saturated carbocycles. The molecule has 1 aliphatic rings. The lowest BCUT2D eigenvalue weighted by atomic mass is 10.1. The lowest BCUT2D eigenvalue weighted by molar-refractivity contribution is -0.140. The highest BCUT2D eigenvalue weighted by molar-refractivity contribution is 5.95. The van der Waals surface area contributed by atoms with E-state index in [4.69, 9.17) is 4.74 Å². The van der Waals surface area contributed by atoms with Crippen LogP contribution >= 0.6 is 0 Å². The second kappa shape index (κ2) is 6.41. The number of nitrogens with zero attached hydrogens (tertiary/aromatic N) is 1. The fourth-order valence-electron chi connectivity index (χ4n) is 2.07. The van der Waals surface area contributed by atoms with E-state index in [-0.39, 0.29) is 24.3 Å². The molecule has 1 aliphatic carbocycles. The Morgan fingerprint density at radius 3 is 2.65 bits per heavy atom. The average Bonchev–Trinajstić information content (AvgIpc) is 3.31. The van der Waals surface area contributed by atoms with Gasteiger partial charge in [0.2, 0.25) is 0 Å². The van der Waals surface area contributed by atoms with Gasteiger partial charge >= 0.3 is 5.97 Å². The highest BCUT2D eigenvalue weighted by Crippen LogP contribution is 2.29. The topological polar surface area (TPSA) is 55.8 Å². The summed E-state index contributed by atoms with van der Waals surface area (Å²) in [5.41, 5.74) is 0.584. The predicted octanol–water partition coefficient (Wildman–Crippen LogP) is 1.86. The molecule has 2 rings (SSSR count). The summed E-state index contributed by atoms with van der Waals surface area (Å²) in [6, 6.07) is 7.32. The molecule has 0 N–H and O–H groups in total. The maximum atomic E-state index is 12.5. The summed E-state index contributed by atoms with van der Waals surface area (Å²) in [7, 11) is 2.92. The quantitative estimate of drug-likeness (QED) is 0.745. The zero-order valence-corrected chi connectivity index (χ0v) is 11.8. The molecule has 1 aromatic carbocycles. The second-order valence-electron chi connectivity index (χ2n) is 4.79. The first-order valence-corrected chi connectivity index (χ1v) is 6.67. The minimum Gasteiger partial charge on any atom is -0.497 e. The monoisotopic (exact) mass is 277 g/mol. The summed E-state index contributed by atoms with van der Waals surface area (Å²) in [6.45, 7) is 0.396. The number of ether oxygens (including phenoxy) is 2. The van der Waals surface area contributed by atoms with E-state index in [0.717, 1.165) is 12.8 Å². The van der Waals surface area contributed by atoms with Crippen molar-refractivity contribution in [2.45, 2.75) is 25.3 Å². The van der Waals surface area contributed by atoms with Gasteiger partial charge in [-0.15, -0.1) is 0 Å². The number of carbonyl (C=O) groups is 2. The van der Waals surface area contributed by atoms with Crippen molar-refractivity contribution in [2.75, 3.05) is 20.8 Å². The molecule has 0 atom stereocenters. The highest BCUT2D eigenvalue weighted by Gasteiger charge is 2.33. The molecule has 0 unspecified atom stereocenters. The Bertz CT molecular complexity index is 496. The molecule has 1 amide bonds. The van der Waals surface area contributed by atoms with Crippen LogP contribution in [0.3, 0.4) is 0 Å². The largest absolute Gasteiger partial charge is 0.497 e. The van der Waals surface area contributed by atoms with E-state index in [1.165, 1.54) is 7.11 Å². The number of hydrogen-bond acceptors (Lipinski definition) is 4. The van der Waals surface area contributed by atoms with Crippen molar-refractivity contribution in [2.24, 2.45) is 0 Å². The molecule has 0 spiro atoms. The number of benzene rings is 1. The Morgan fingerprint density at radius 2 is 2.05 bits per heavy atom. The van der Waals surface area contributed by atoms with Crippen LogP contribution in [0.4, 0.5) is 0 Å². The molecule has 0 radical (unpaired) electrons. The van der Waals surface area contributed by atoms with Crippen LogP contribution in [0, 0.1) is 0 Å². The number of esters is 1. The molecular weight excluding hydrogens is 258 g/mol. The normalized spacial score (nSPS) is 13.7. The molecule has 5 heteroatoms. The Morgan fingerprint density at radius 1 is 1.30 bits per heavy atom. The molecule has 0 saturated heterocycles. The maximum Gasteiger partial charge on any atom is 0.307 e. The van der Waals surface area contributed by atoms with Gasteiger partial charge in [0.05, 0.1) is 20.6 Å². The summed E-state index contributed by atoms with van der Waals surface area (Å²) in [4.78, 5) is 25.5. The second-order valence-corrected chi connectivity index (χ2v) is 4.79. The van der Waals surface area contributed by atoms with Crippen molar-refractivity contribution in [3.05, 3.63) is 29.8 Å². The van der Waals surface area contributed by atoms with Crippen molar-refractivity contribution in [1.29, 1.82) is 0 Å². The molecule has 20 heavy (non-hydrogen) atoms. The zero-order valence-electron chi connectivity index (χ0n) is 11.8. The first kappa shape index (κ1) is 14.4. The van der Waals surface area contributed by atoms with Gasteiger partial charge in [0.15, 0.2) is 0 Å². The van der Waals surface area contributed by atoms with Crippen molar-refractivity contribution >= 4 is 11.9 Å². The molecule has 0 bridgehead atoms. The van der Waals surface area contributed by atoms with E-state index in [2.05, 4.69) is 4.74 Å². The van der Waals surface area contributed by atoms with Gasteiger partial charge in [-0.1, -0.05) is 6.07 Å². The van der Waals surface area contributed by atoms with Gasteiger partial charge in [-0.05, 0) is 31.0 Å². The third-order valence-electron chi connectivity index (χ3n) is 3.35. The Balaban J connectivity index is 2.08. The van der Waals surface area contributed by atoms with E-state index in [1.807, 2.05) is 0 Å². The third kappa shape index (κ3) is 3.50. The maximum absolute atomic E-state index is 12.5. The van der Waals surface area contributed by atoms with Gasteiger partial charge in [-0.3, -0.25) is 9.59 Å². The van der Waals surface area contributed by atoms with Crippen LogP contribution < -0.4 is 4.74 Å². The number of methoxy groups -OCH3 is 2. The fraction of sp³-hybridized carbons (Fsp3) is 0.467. The molecule has 5 nitrogen and oxygen atoms in total. The number of carbonyl (C=O) groups excluding carboxylic acids is 2. The molecule has 0 heterocycles. The highest BCUT2D eigenvalue weighted by atomic mass is 16.5. The minimum atomic E-state index is -0.297. The number of rotatable bonds is 6. The van der Waals surface area contributed by atoms with Crippen molar-refractivity contribution in [3.63, 3.8) is 0 Å². The van der Waals surface area contributed by atoms with Crippen LogP contribution in [0.25, 0.3) is 0 Å². The van der Waals surface area contributed by atoms with Gasteiger partial charge < -0.3 is 14.4 Å². The molecule has 108 valence electrons. The van der Waals surface area contributed by atoms with Crippen LogP contribution in [-0.4, -0.2) is 43.6 Å². The Hall–Kier alpha value is -2.04. The van der Waals surface area contributed by atoms with Gasteiger partial charge in [0, 0.05) is 18.2 Å². The van der Waals surface area contributed by atoms with Gasteiger partial charge in [0.25, 0.3) is 5.91 Å². The summed E-state index contributed by atoms with van der Waals surface area (Å²) in [5, 5.41) is 0. The van der Waals surface area contributed by atoms with Gasteiger partial charge in [0.1, 0.15) is 5.75 Å². The lowest BCUT2D eigenvalue weighted by Crippen LogP contribution is -2.35. The van der Waals surface area contributed by atoms with Crippen LogP contribution in [0.5, 0.6) is 5.75 Å². The third-order valence-corrected chi connectivity index (χ3v) is 3.35. The Labute approximate surface area is 118 Å². The van der Waals surface area contributed by atoms with E-state index < -0.39 is 0 Å². The summed E-state index contributed by atoms with van der Waals surface area (Å²) in [6.07, 6.45) is 2.22. The van der Waals surface area contributed by atoms with Crippen LogP contribution in [0.1, 0.15) is 29.6 Å². The molecule has 0 aromatic heterocycles. The Kier molecular flexibility index (Phi) is 4.61. The van der Waals surface area contributed by atoms with E-state index in [1.54, 1.807) is 36.3 Å². The van der Waals surface area contributed by atoms with Gasteiger partial charge in [-0.25, -0.2) is 0 Å². The van der Waals surface area contributed by atoms with E-state index in [0.29, 0.717) is 17.9 Å².